The van der Waals surface area contributed by atoms with Crippen LogP contribution in [0.5, 0.6) is 0 Å². The Labute approximate surface area is 433 Å². The van der Waals surface area contributed by atoms with E-state index in [1.54, 1.807) is 0 Å². The summed E-state index contributed by atoms with van der Waals surface area (Å²) in [5, 5.41) is 33.0. The van der Waals surface area contributed by atoms with E-state index in [1.807, 2.05) is 6.92 Å². The zero-order chi connectivity index (χ0) is 53.7. The quantitative estimate of drug-likeness (QED) is 0.0231. The Morgan fingerprint density at radius 2 is 1.07 bits per heavy atom. The molecule has 17 nitrogen and oxygen atoms in total. The fourth-order valence-corrected chi connectivity index (χ4v) is 21.2. The van der Waals surface area contributed by atoms with Gasteiger partial charge in [0, 0.05) is 64.3 Å². The van der Waals surface area contributed by atoms with Gasteiger partial charge in [0.15, 0.2) is 16.6 Å². The second kappa shape index (κ2) is 26.4. The summed E-state index contributed by atoms with van der Waals surface area (Å²) >= 11 is 0. The van der Waals surface area contributed by atoms with Crippen LogP contribution in [-0.2, 0) is 13.6 Å². The Kier molecular flexibility index (Phi) is 23.4. The van der Waals surface area contributed by atoms with Crippen molar-refractivity contribution < 1.29 is 51.9 Å². The summed E-state index contributed by atoms with van der Waals surface area (Å²) in [7, 11) is 6.89. The second-order valence-corrected chi connectivity index (χ2v) is 36.2. The van der Waals surface area contributed by atoms with Gasteiger partial charge >= 0.3 is 24.1 Å². The van der Waals surface area contributed by atoms with Crippen molar-refractivity contribution in [2.24, 2.45) is 21.7 Å². The van der Waals surface area contributed by atoms with E-state index >= 15 is 0 Å². The van der Waals surface area contributed by atoms with E-state index in [0.29, 0.717) is 76.3 Å². The van der Waals surface area contributed by atoms with E-state index in [1.165, 1.54) is 9.80 Å². The molecule has 2 aliphatic carbocycles. The van der Waals surface area contributed by atoms with E-state index in [9.17, 15) is 29.4 Å². The summed E-state index contributed by atoms with van der Waals surface area (Å²) in [6, 6.07) is 0.921. The SMILES string of the molecule is CCC(O)COCCC[Si](C)(C)O[Si](C)(C)CCCOCC(O)C[N+](C)(C)CCCNC(=O)NC1CC(C)(C)CC(C)(CN2C(=O)N(CC3(C)CC(NC(=O)NCCC[N+](C)(C)C)CC(C)(C)C3)C2=O)C1. The van der Waals surface area contributed by atoms with Gasteiger partial charge in [-0.3, -0.25) is 0 Å². The van der Waals surface area contributed by atoms with Crippen molar-refractivity contribution in [1.82, 2.24) is 31.1 Å². The zero-order valence-electron chi connectivity index (χ0n) is 47.8. The number of hydrogen-bond acceptors (Lipinski definition) is 9. The van der Waals surface area contributed by atoms with Crippen LogP contribution in [-0.4, -0.2) is 202 Å². The number of ether oxygens (including phenoxy) is 2. The Hall–Kier alpha value is -2.37. The van der Waals surface area contributed by atoms with Crippen molar-refractivity contribution in [3.8, 4) is 0 Å². The van der Waals surface area contributed by atoms with E-state index < -0.39 is 22.7 Å². The fourth-order valence-electron chi connectivity index (χ4n) is 12.4. The molecule has 0 aromatic heterocycles. The van der Waals surface area contributed by atoms with Crippen LogP contribution in [0.25, 0.3) is 0 Å². The third-order valence-corrected chi connectivity index (χ3v) is 22.1. The minimum Gasteiger partial charge on any atom is -0.455 e. The first-order chi connectivity index (χ1) is 32.5. The molecule has 0 aromatic rings. The largest absolute Gasteiger partial charge is 0.455 e. The molecule has 19 heteroatoms. The number of hydrogen-bond donors (Lipinski definition) is 6. The standard InChI is InChI=1S/C52H104N8O9Si2/c1-17-43(61)35-67-26-20-28-70(13,14)69-71(15,16)29-21-27-68-36-44(62)34-60(11,12)25-19-23-54-46(64)56-42-31-50(4,5)38-52(7,33-42)40-58-47(65)57(48(58)66)39-51(6)32-41(30-49(2,3)37-51)55-45(63)53-22-18-24-59(8,9)10/h41-44,61-62H,17-40H2,1-16H3,(H2-2,53,54,55,56,63,64)/p+2. The van der Waals surface area contributed by atoms with Crippen molar-refractivity contribution in [3.63, 3.8) is 0 Å². The van der Waals surface area contributed by atoms with Crippen LogP contribution in [0, 0.1) is 21.7 Å². The summed E-state index contributed by atoms with van der Waals surface area (Å²) < 4.78 is 19.7. The molecule has 3 fully saturated rings. The molecule has 0 aromatic carbocycles. The maximum absolute atomic E-state index is 13.8. The zero-order valence-corrected chi connectivity index (χ0v) is 49.8. The van der Waals surface area contributed by atoms with Gasteiger partial charge in [-0.1, -0.05) is 48.5 Å². The maximum atomic E-state index is 13.8. The number of carbonyl (C=O) groups is 4. The van der Waals surface area contributed by atoms with Crippen molar-refractivity contribution in [1.29, 1.82) is 0 Å². The van der Waals surface area contributed by atoms with Gasteiger partial charge in [-0.05, 0) is 118 Å². The van der Waals surface area contributed by atoms with Crippen LogP contribution < -0.4 is 21.3 Å². The first kappa shape index (κ1) is 62.9. The molecule has 71 heavy (non-hydrogen) atoms. The normalized spacial score (nSPS) is 24.8. The van der Waals surface area contributed by atoms with Gasteiger partial charge in [0.2, 0.25) is 0 Å². The molecule has 0 bridgehead atoms. The van der Waals surface area contributed by atoms with Gasteiger partial charge in [0.1, 0.15) is 12.6 Å². The molecule has 3 rings (SSSR count). The van der Waals surface area contributed by atoms with Gasteiger partial charge in [-0.2, -0.15) is 0 Å². The predicted molar refractivity (Wildman–Crippen MR) is 289 cm³/mol. The van der Waals surface area contributed by atoms with Crippen LogP contribution in [0.3, 0.4) is 0 Å². The average molecular weight is 1040 g/mol. The molecule has 1 aliphatic heterocycles. The minimum absolute atomic E-state index is 0.0663. The van der Waals surface area contributed by atoms with Crippen LogP contribution in [0.2, 0.25) is 38.3 Å². The van der Waals surface area contributed by atoms with E-state index in [0.717, 1.165) is 81.0 Å². The molecule has 0 radical (unpaired) electrons. The Bertz CT molecular complexity index is 1700. The molecule has 1 heterocycles. The second-order valence-electron chi connectivity index (χ2n) is 27.3. The fraction of sp³-hybridized carbons (Fsp3) is 0.923. The molecule has 1 saturated heterocycles. The number of nitrogens with one attached hydrogen (secondary N) is 4. The number of likely N-dealkylation sites (N-methyl/N-ethyl adjacent to an activating group) is 1. The third kappa shape index (κ3) is 23.8. The molecule has 8 amide bonds. The summed E-state index contributed by atoms with van der Waals surface area (Å²) in [5.74, 6) is 0. The highest BCUT2D eigenvalue weighted by atomic mass is 28.4. The smallest absolute Gasteiger partial charge is 0.336 e. The van der Waals surface area contributed by atoms with Gasteiger partial charge in [-0.25, -0.2) is 29.0 Å². The first-order valence-electron chi connectivity index (χ1n) is 27.1. The Morgan fingerprint density at radius 1 is 0.662 bits per heavy atom. The lowest BCUT2D eigenvalue weighted by atomic mass is 9.62. The number of aliphatic hydroxyl groups is 2. The Balaban J connectivity index is 1.37. The minimum atomic E-state index is -1.87. The number of aliphatic hydroxyl groups excluding tert-OH is 2. The highest BCUT2D eigenvalue weighted by molar-refractivity contribution is 6.84. The lowest BCUT2D eigenvalue weighted by Crippen LogP contribution is -2.68. The van der Waals surface area contributed by atoms with Crippen molar-refractivity contribution in [2.75, 3.05) is 107 Å². The van der Waals surface area contributed by atoms with Crippen LogP contribution >= 0.6 is 0 Å². The number of quaternary nitrogens is 2. The highest BCUT2D eigenvalue weighted by Gasteiger charge is 2.53. The topological polar surface area (TPSA) is 191 Å². The number of rotatable bonds is 31. The number of amides is 8. The van der Waals surface area contributed by atoms with Crippen molar-refractivity contribution in [2.45, 2.75) is 182 Å². The maximum Gasteiger partial charge on any atom is 0.336 e. The number of carbonyl (C=O) groups excluding carboxylic acids is 4. The predicted octanol–water partition coefficient (Wildman–Crippen LogP) is 7.55. The van der Waals surface area contributed by atoms with Crippen LogP contribution in [0.1, 0.15) is 119 Å². The molecule has 2 saturated carbocycles. The van der Waals surface area contributed by atoms with Gasteiger partial charge < -0.3 is 54.0 Å². The molecule has 3 aliphatic rings. The van der Waals surface area contributed by atoms with Crippen LogP contribution in [0.15, 0.2) is 0 Å². The molecule has 6 N–H and O–H groups in total. The monoisotopic (exact) mass is 1040 g/mol. The molecule has 414 valence electrons. The lowest BCUT2D eigenvalue weighted by molar-refractivity contribution is -0.893. The summed E-state index contributed by atoms with van der Waals surface area (Å²) in [6.07, 6.45) is 7.80. The highest BCUT2D eigenvalue weighted by Crippen LogP contribution is 2.49. The number of nitrogens with zero attached hydrogens (tertiary/aromatic N) is 4. The molecule has 6 unspecified atom stereocenters. The molecular formula is C52H106N8O9Si2+2. The summed E-state index contributed by atoms with van der Waals surface area (Å²) in [5.41, 5.74) is -0.920. The van der Waals surface area contributed by atoms with Gasteiger partial charge in [-0.15, -0.1) is 0 Å². The first-order valence-corrected chi connectivity index (χ1v) is 33.3. The molecule has 0 spiro atoms. The van der Waals surface area contributed by atoms with Gasteiger partial charge in [0.25, 0.3) is 0 Å². The molecular weight excluding hydrogens is 937 g/mol. The number of imide groups is 2. The van der Waals surface area contributed by atoms with Crippen molar-refractivity contribution in [3.05, 3.63) is 0 Å². The average Bonchev–Trinajstić information content (AvgIpc) is 3.19. The van der Waals surface area contributed by atoms with E-state index in [-0.39, 0.29) is 70.6 Å². The van der Waals surface area contributed by atoms with Crippen LogP contribution in [0.4, 0.5) is 19.2 Å². The summed E-state index contributed by atoms with van der Waals surface area (Å²) in [6.45, 7) is 30.0. The Morgan fingerprint density at radius 3 is 1.48 bits per heavy atom. The van der Waals surface area contributed by atoms with Crippen molar-refractivity contribution >= 4 is 40.8 Å². The lowest BCUT2D eigenvalue weighted by Gasteiger charge is -2.53. The van der Waals surface area contributed by atoms with E-state index in [2.05, 4.69) is 124 Å². The molecule has 6 atom stereocenters. The number of urea groups is 4. The van der Waals surface area contributed by atoms with E-state index in [4.69, 9.17) is 13.6 Å². The third-order valence-electron chi connectivity index (χ3n) is 14.6. The summed E-state index contributed by atoms with van der Waals surface area (Å²) in [4.78, 5) is 56.5. The van der Waals surface area contributed by atoms with Gasteiger partial charge in [0.05, 0.1) is 67.6 Å².